The van der Waals surface area contributed by atoms with Gasteiger partial charge in [0.2, 0.25) is 0 Å². The van der Waals surface area contributed by atoms with Crippen LogP contribution in [0.4, 0.5) is 14.9 Å². The molecule has 5 nitrogen and oxygen atoms in total. The maximum absolute atomic E-state index is 13.0. The van der Waals surface area contributed by atoms with Crippen LogP contribution >= 0.6 is 0 Å². The third-order valence-corrected chi connectivity index (χ3v) is 4.32. The van der Waals surface area contributed by atoms with Crippen LogP contribution < -0.4 is 16.0 Å². The summed E-state index contributed by atoms with van der Waals surface area (Å²) in [7, 11) is 0. The molecule has 0 spiro atoms. The molecular formula is C23H22FN3O2. The van der Waals surface area contributed by atoms with Gasteiger partial charge in [-0.25, -0.2) is 9.18 Å². The van der Waals surface area contributed by atoms with Crippen LogP contribution in [0.25, 0.3) is 0 Å². The van der Waals surface area contributed by atoms with Crippen LogP contribution in [0.15, 0.2) is 84.9 Å². The monoisotopic (exact) mass is 391 g/mol. The Morgan fingerprint density at radius 2 is 1.45 bits per heavy atom. The molecule has 3 N–H and O–H groups in total. The Morgan fingerprint density at radius 1 is 0.828 bits per heavy atom. The standard InChI is InChI=1S/C23H22FN3O2/c24-19-13-11-17(12-14-19)15-16-25-23(29)27-21(18-7-3-1-4-8-18)22(28)26-20-9-5-2-6-10-20/h1-14,21H,15-16H2,(H,26,28)(H2,25,27,29)/t21-/m0/s1. The van der Waals surface area contributed by atoms with Crippen molar-refractivity contribution in [3.8, 4) is 0 Å². The summed E-state index contributed by atoms with van der Waals surface area (Å²) in [5.41, 5.74) is 2.24. The molecule has 0 unspecified atom stereocenters. The summed E-state index contributed by atoms with van der Waals surface area (Å²) in [5, 5.41) is 8.28. The van der Waals surface area contributed by atoms with Gasteiger partial charge >= 0.3 is 6.03 Å². The Kier molecular flexibility index (Phi) is 6.95. The number of carbonyl (C=O) groups excluding carboxylic acids is 2. The number of rotatable bonds is 7. The lowest BCUT2D eigenvalue weighted by molar-refractivity contribution is -0.118. The average molecular weight is 391 g/mol. The number of hydrogen-bond acceptors (Lipinski definition) is 2. The molecule has 3 amide bonds. The third-order valence-electron chi connectivity index (χ3n) is 4.32. The maximum atomic E-state index is 13.0. The van der Waals surface area contributed by atoms with E-state index in [-0.39, 0.29) is 11.7 Å². The zero-order valence-corrected chi connectivity index (χ0v) is 15.8. The van der Waals surface area contributed by atoms with Crippen molar-refractivity contribution in [2.45, 2.75) is 12.5 Å². The SMILES string of the molecule is O=C(NCCc1ccc(F)cc1)N[C@H](C(=O)Nc1ccccc1)c1ccccc1. The molecule has 1 atom stereocenters. The number of carbonyl (C=O) groups is 2. The van der Waals surface area contributed by atoms with E-state index in [0.717, 1.165) is 5.56 Å². The second-order valence-electron chi connectivity index (χ2n) is 6.48. The van der Waals surface area contributed by atoms with Crippen molar-refractivity contribution >= 4 is 17.6 Å². The van der Waals surface area contributed by atoms with E-state index in [1.165, 1.54) is 12.1 Å². The van der Waals surface area contributed by atoms with Gasteiger partial charge in [-0.2, -0.15) is 0 Å². The van der Waals surface area contributed by atoms with Crippen LogP contribution in [0.2, 0.25) is 0 Å². The summed E-state index contributed by atoms with van der Waals surface area (Å²) in [6.45, 7) is 0.360. The van der Waals surface area contributed by atoms with Gasteiger partial charge in [0.25, 0.3) is 5.91 Å². The van der Waals surface area contributed by atoms with Gasteiger partial charge in [-0.15, -0.1) is 0 Å². The summed E-state index contributed by atoms with van der Waals surface area (Å²) in [6.07, 6.45) is 0.555. The minimum absolute atomic E-state index is 0.297. The highest BCUT2D eigenvalue weighted by Crippen LogP contribution is 2.16. The van der Waals surface area contributed by atoms with Crippen LogP contribution in [-0.4, -0.2) is 18.5 Å². The Balaban J connectivity index is 1.61. The summed E-state index contributed by atoms with van der Waals surface area (Å²) >= 11 is 0. The van der Waals surface area contributed by atoms with Crippen molar-refractivity contribution in [1.29, 1.82) is 0 Å². The van der Waals surface area contributed by atoms with Crippen molar-refractivity contribution in [2.24, 2.45) is 0 Å². The highest BCUT2D eigenvalue weighted by molar-refractivity contribution is 5.97. The van der Waals surface area contributed by atoms with Crippen molar-refractivity contribution in [2.75, 3.05) is 11.9 Å². The number of halogens is 1. The van der Waals surface area contributed by atoms with Gasteiger partial charge in [-0.3, -0.25) is 4.79 Å². The highest BCUT2D eigenvalue weighted by Gasteiger charge is 2.22. The molecule has 6 heteroatoms. The fourth-order valence-electron chi connectivity index (χ4n) is 2.84. The first-order valence-electron chi connectivity index (χ1n) is 9.31. The van der Waals surface area contributed by atoms with Gasteiger partial charge in [0.05, 0.1) is 0 Å². The van der Waals surface area contributed by atoms with Gasteiger partial charge in [0.1, 0.15) is 11.9 Å². The number of benzene rings is 3. The first-order valence-corrected chi connectivity index (χ1v) is 9.31. The van der Waals surface area contributed by atoms with E-state index in [4.69, 9.17) is 0 Å². The minimum Gasteiger partial charge on any atom is -0.338 e. The van der Waals surface area contributed by atoms with E-state index >= 15 is 0 Å². The molecule has 0 aromatic heterocycles. The molecule has 0 aliphatic carbocycles. The molecule has 0 aliphatic heterocycles. The molecule has 0 radical (unpaired) electrons. The molecule has 0 fully saturated rings. The van der Waals surface area contributed by atoms with Crippen molar-refractivity contribution in [3.05, 3.63) is 102 Å². The van der Waals surface area contributed by atoms with E-state index in [9.17, 15) is 14.0 Å². The van der Waals surface area contributed by atoms with E-state index < -0.39 is 12.1 Å². The van der Waals surface area contributed by atoms with Gasteiger partial charge in [-0.1, -0.05) is 60.7 Å². The van der Waals surface area contributed by atoms with Crippen LogP contribution in [0.1, 0.15) is 17.2 Å². The van der Waals surface area contributed by atoms with E-state index in [2.05, 4.69) is 16.0 Å². The lowest BCUT2D eigenvalue weighted by Crippen LogP contribution is -2.43. The number of para-hydroxylation sites is 1. The van der Waals surface area contributed by atoms with Gasteiger partial charge in [0.15, 0.2) is 0 Å². The predicted molar refractivity (Wildman–Crippen MR) is 111 cm³/mol. The summed E-state index contributed by atoms with van der Waals surface area (Å²) < 4.78 is 13.0. The van der Waals surface area contributed by atoms with E-state index in [1.54, 1.807) is 36.4 Å². The van der Waals surface area contributed by atoms with Crippen molar-refractivity contribution < 1.29 is 14.0 Å². The number of urea groups is 1. The lowest BCUT2D eigenvalue weighted by atomic mass is 10.1. The second-order valence-corrected chi connectivity index (χ2v) is 6.48. The van der Waals surface area contributed by atoms with Gasteiger partial charge in [0, 0.05) is 12.2 Å². The first kappa shape index (κ1) is 20.1. The van der Waals surface area contributed by atoms with Crippen molar-refractivity contribution in [1.82, 2.24) is 10.6 Å². The molecule has 3 aromatic carbocycles. The Bertz CT molecular complexity index is 931. The molecular weight excluding hydrogens is 369 g/mol. The van der Waals surface area contributed by atoms with E-state index in [0.29, 0.717) is 24.2 Å². The molecule has 29 heavy (non-hydrogen) atoms. The molecule has 0 saturated carbocycles. The summed E-state index contributed by atoms with van der Waals surface area (Å²) in [4.78, 5) is 25.2. The molecule has 148 valence electrons. The first-order chi connectivity index (χ1) is 14.1. The Labute approximate surface area is 169 Å². The number of anilines is 1. The molecule has 0 saturated heterocycles. The topological polar surface area (TPSA) is 70.2 Å². The molecule has 0 heterocycles. The molecule has 3 aromatic rings. The van der Waals surface area contributed by atoms with Crippen LogP contribution in [0, 0.1) is 5.82 Å². The second kappa shape index (κ2) is 10.0. The normalized spacial score (nSPS) is 11.3. The summed E-state index contributed by atoms with van der Waals surface area (Å²) in [5.74, 6) is -0.634. The van der Waals surface area contributed by atoms with Crippen LogP contribution in [-0.2, 0) is 11.2 Å². The third kappa shape index (κ3) is 6.17. The smallest absolute Gasteiger partial charge is 0.315 e. The fourth-order valence-corrected chi connectivity index (χ4v) is 2.84. The maximum Gasteiger partial charge on any atom is 0.315 e. The quantitative estimate of drug-likeness (QED) is 0.569. The highest BCUT2D eigenvalue weighted by atomic mass is 19.1. The predicted octanol–water partition coefficient (Wildman–Crippen LogP) is 4.05. The minimum atomic E-state index is -0.845. The zero-order valence-electron chi connectivity index (χ0n) is 15.8. The van der Waals surface area contributed by atoms with Gasteiger partial charge < -0.3 is 16.0 Å². The number of nitrogens with one attached hydrogen (secondary N) is 3. The van der Waals surface area contributed by atoms with E-state index in [1.807, 2.05) is 36.4 Å². The fraction of sp³-hybridized carbons (Fsp3) is 0.130. The van der Waals surface area contributed by atoms with Gasteiger partial charge in [-0.05, 0) is 41.8 Å². The summed E-state index contributed by atoms with van der Waals surface area (Å²) in [6, 6.07) is 22.9. The van der Waals surface area contributed by atoms with Crippen molar-refractivity contribution in [3.63, 3.8) is 0 Å². The average Bonchev–Trinajstić information content (AvgIpc) is 2.75. The Morgan fingerprint density at radius 3 is 2.10 bits per heavy atom. The lowest BCUT2D eigenvalue weighted by Gasteiger charge is -2.19. The molecule has 0 bridgehead atoms. The molecule has 0 aliphatic rings. The van der Waals surface area contributed by atoms with Crippen LogP contribution in [0.5, 0.6) is 0 Å². The zero-order chi connectivity index (χ0) is 20.5. The number of amides is 3. The largest absolute Gasteiger partial charge is 0.338 e. The molecule has 3 rings (SSSR count). The van der Waals surface area contributed by atoms with Crippen LogP contribution in [0.3, 0.4) is 0 Å². The number of hydrogen-bond donors (Lipinski definition) is 3. The Hall–Kier alpha value is -3.67.